The molecule has 0 saturated heterocycles. The van der Waals surface area contributed by atoms with Crippen LogP contribution in [0, 0.1) is 0 Å². The van der Waals surface area contributed by atoms with Crippen molar-refractivity contribution in [2.75, 3.05) is 0 Å². The summed E-state index contributed by atoms with van der Waals surface area (Å²) in [5.41, 5.74) is 0.721. The van der Waals surface area contributed by atoms with Gasteiger partial charge in [0.15, 0.2) is 0 Å². The van der Waals surface area contributed by atoms with Gasteiger partial charge in [0.1, 0.15) is 0 Å². The zero-order chi connectivity index (χ0) is 16.4. The molecule has 120 valence electrons. The van der Waals surface area contributed by atoms with Gasteiger partial charge in [-0.05, 0) is 50.3 Å². The summed E-state index contributed by atoms with van der Waals surface area (Å²) >= 11 is 1.50. The molecule has 0 radical (unpaired) electrons. The van der Waals surface area contributed by atoms with E-state index in [1.807, 2.05) is 37.3 Å². The molecule has 3 aromatic rings. The van der Waals surface area contributed by atoms with Crippen molar-refractivity contribution in [1.29, 1.82) is 0 Å². The number of hydrogen-bond donors (Lipinski definition) is 0. The summed E-state index contributed by atoms with van der Waals surface area (Å²) in [6.07, 6.45) is 0. The minimum absolute atomic E-state index is 0.0490. The predicted octanol–water partition coefficient (Wildman–Crippen LogP) is 3.33. The van der Waals surface area contributed by atoms with Crippen molar-refractivity contribution in [3.8, 4) is 11.5 Å². The highest BCUT2D eigenvalue weighted by molar-refractivity contribution is 7.99. The van der Waals surface area contributed by atoms with E-state index in [-0.39, 0.29) is 10.8 Å². The molecular weight excluding hydrogens is 312 g/mol. The van der Waals surface area contributed by atoms with Gasteiger partial charge in [-0.15, -0.1) is 15.3 Å². The van der Waals surface area contributed by atoms with Crippen LogP contribution in [0.1, 0.15) is 38.8 Å². The summed E-state index contributed by atoms with van der Waals surface area (Å²) in [5, 5.41) is 20.9. The first kappa shape index (κ1) is 15.7. The van der Waals surface area contributed by atoms with E-state index in [0.717, 1.165) is 10.7 Å². The summed E-state index contributed by atoms with van der Waals surface area (Å²) in [4.78, 5) is 0. The Bertz CT molecular complexity index is 777. The molecule has 1 unspecified atom stereocenters. The summed E-state index contributed by atoms with van der Waals surface area (Å²) in [6, 6.07) is 9.71. The smallest absolute Gasteiger partial charge is 0.247 e. The Morgan fingerprint density at radius 3 is 2.52 bits per heavy atom. The Labute approximate surface area is 138 Å². The SMILES string of the molecule is CC(Sc1nnnn1C(C)(C)C)c1nnc(-c2ccccc2)o1. The van der Waals surface area contributed by atoms with Crippen molar-refractivity contribution in [2.24, 2.45) is 0 Å². The second kappa shape index (κ2) is 6.11. The fourth-order valence-corrected chi connectivity index (χ4v) is 2.98. The third-order valence-corrected chi connectivity index (χ3v) is 4.19. The maximum atomic E-state index is 5.78. The summed E-state index contributed by atoms with van der Waals surface area (Å²) < 4.78 is 7.58. The number of nitrogens with zero attached hydrogens (tertiary/aromatic N) is 6. The van der Waals surface area contributed by atoms with Gasteiger partial charge < -0.3 is 4.42 Å². The number of rotatable bonds is 4. The average Bonchev–Trinajstić information content (AvgIpc) is 3.16. The number of benzene rings is 1. The summed E-state index contributed by atoms with van der Waals surface area (Å²) in [7, 11) is 0. The quantitative estimate of drug-likeness (QED) is 0.678. The highest BCUT2D eigenvalue weighted by Gasteiger charge is 2.24. The van der Waals surface area contributed by atoms with Gasteiger partial charge in [0.05, 0.1) is 10.8 Å². The van der Waals surface area contributed by atoms with Crippen LogP contribution in [0.5, 0.6) is 0 Å². The molecule has 1 atom stereocenters. The van der Waals surface area contributed by atoms with Gasteiger partial charge in [0.25, 0.3) is 0 Å². The largest absolute Gasteiger partial charge is 0.419 e. The van der Waals surface area contributed by atoms with Gasteiger partial charge >= 0.3 is 0 Å². The zero-order valence-electron chi connectivity index (χ0n) is 13.5. The first-order chi connectivity index (χ1) is 10.9. The van der Waals surface area contributed by atoms with Crippen molar-refractivity contribution < 1.29 is 4.42 Å². The molecule has 0 bridgehead atoms. The molecule has 1 aromatic carbocycles. The number of aromatic nitrogens is 6. The Morgan fingerprint density at radius 1 is 1.09 bits per heavy atom. The molecule has 7 nitrogen and oxygen atoms in total. The van der Waals surface area contributed by atoms with Crippen LogP contribution in [0.2, 0.25) is 0 Å². The van der Waals surface area contributed by atoms with Crippen LogP contribution in [0.3, 0.4) is 0 Å². The van der Waals surface area contributed by atoms with Crippen molar-refractivity contribution in [2.45, 2.75) is 43.6 Å². The van der Waals surface area contributed by atoms with E-state index in [9.17, 15) is 0 Å². The molecule has 0 amide bonds. The van der Waals surface area contributed by atoms with Gasteiger partial charge in [0, 0.05) is 5.56 Å². The molecule has 0 fully saturated rings. The predicted molar refractivity (Wildman–Crippen MR) is 86.8 cm³/mol. The maximum Gasteiger partial charge on any atom is 0.247 e. The van der Waals surface area contributed by atoms with Crippen LogP contribution in [0.25, 0.3) is 11.5 Å². The van der Waals surface area contributed by atoms with Crippen LogP contribution < -0.4 is 0 Å². The Morgan fingerprint density at radius 2 is 1.83 bits per heavy atom. The van der Waals surface area contributed by atoms with E-state index in [1.165, 1.54) is 11.8 Å². The number of thioether (sulfide) groups is 1. The van der Waals surface area contributed by atoms with Gasteiger partial charge in [0.2, 0.25) is 16.9 Å². The maximum absolute atomic E-state index is 5.78. The lowest BCUT2D eigenvalue weighted by molar-refractivity contribution is 0.320. The van der Waals surface area contributed by atoms with E-state index < -0.39 is 0 Å². The third kappa shape index (κ3) is 3.42. The van der Waals surface area contributed by atoms with Gasteiger partial charge in [-0.3, -0.25) is 0 Å². The van der Waals surface area contributed by atoms with Crippen molar-refractivity contribution in [3.63, 3.8) is 0 Å². The number of hydrogen-bond acceptors (Lipinski definition) is 7. The molecule has 2 aromatic heterocycles. The van der Waals surface area contributed by atoms with E-state index in [0.29, 0.717) is 11.8 Å². The molecule has 3 rings (SSSR count). The van der Waals surface area contributed by atoms with Crippen molar-refractivity contribution in [1.82, 2.24) is 30.4 Å². The Hall–Kier alpha value is -2.22. The fourth-order valence-electron chi connectivity index (χ4n) is 1.98. The standard InChI is InChI=1S/C15H18N6OS/c1-10(23-14-18-19-20-21(14)15(2,3)4)12-16-17-13(22-12)11-8-6-5-7-9-11/h5-10H,1-4H3. The minimum Gasteiger partial charge on any atom is -0.419 e. The van der Waals surface area contributed by atoms with E-state index >= 15 is 0 Å². The first-order valence-electron chi connectivity index (χ1n) is 7.29. The van der Waals surface area contributed by atoms with Gasteiger partial charge in [-0.2, -0.15) is 0 Å². The molecule has 0 spiro atoms. The van der Waals surface area contributed by atoms with Gasteiger partial charge in [-0.1, -0.05) is 30.0 Å². The minimum atomic E-state index is -0.185. The summed E-state index contributed by atoms with van der Waals surface area (Å²) in [5.74, 6) is 1.07. The van der Waals surface area contributed by atoms with Crippen molar-refractivity contribution in [3.05, 3.63) is 36.2 Å². The van der Waals surface area contributed by atoms with Gasteiger partial charge in [-0.25, -0.2) is 4.68 Å². The van der Waals surface area contributed by atoms with Crippen LogP contribution in [-0.2, 0) is 5.54 Å². The van der Waals surface area contributed by atoms with Crippen LogP contribution in [0.15, 0.2) is 39.9 Å². The Balaban J connectivity index is 1.79. The summed E-state index contributed by atoms with van der Waals surface area (Å²) in [6.45, 7) is 8.16. The molecule has 0 N–H and O–H groups in total. The highest BCUT2D eigenvalue weighted by atomic mass is 32.2. The molecule has 0 aliphatic rings. The van der Waals surface area contributed by atoms with Crippen LogP contribution >= 0.6 is 11.8 Å². The molecular formula is C15H18N6OS. The first-order valence-corrected chi connectivity index (χ1v) is 8.17. The zero-order valence-corrected chi connectivity index (χ0v) is 14.3. The Kier molecular flexibility index (Phi) is 4.16. The monoisotopic (exact) mass is 330 g/mol. The van der Waals surface area contributed by atoms with Crippen molar-refractivity contribution >= 4 is 11.8 Å². The topological polar surface area (TPSA) is 82.5 Å². The van der Waals surface area contributed by atoms with Crippen LogP contribution in [-0.4, -0.2) is 30.4 Å². The van der Waals surface area contributed by atoms with Crippen LogP contribution in [0.4, 0.5) is 0 Å². The van der Waals surface area contributed by atoms with E-state index in [4.69, 9.17) is 4.42 Å². The van der Waals surface area contributed by atoms with E-state index in [2.05, 4.69) is 46.5 Å². The molecule has 2 heterocycles. The normalized spacial score (nSPS) is 13.2. The second-order valence-electron chi connectivity index (χ2n) is 6.12. The highest BCUT2D eigenvalue weighted by Crippen LogP contribution is 2.35. The van der Waals surface area contributed by atoms with E-state index in [1.54, 1.807) is 4.68 Å². The average molecular weight is 330 g/mol. The molecule has 0 aliphatic carbocycles. The third-order valence-electron chi connectivity index (χ3n) is 3.17. The molecule has 0 aliphatic heterocycles. The molecule has 8 heteroatoms. The molecule has 23 heavy (non-hydrogen) atoms. The fraction of sp³-hybridized carbons (Fsp3) is 0.400. The lowest BCUT2D eigenvalue weighted by Gasteiger charge is -2.20. The lowest BCUT2D eigenvalue weighted by Crippen LogP contribution is -2.24. The number of tetrazole rings is 1. The lowest BCUT2D eigenvalue weighted by atomic mass is 10.1. The second-order valence-corrected chi connectivity index (χ2v) is 7.42. The molecule has 0 saturated carbocycles.